The lowest BCUT2D eigenvalue weighted by molar-refractivity contribution is -0.126. The molecule has 0 aromatic carbocycles. The van der Waals surface area contributed by atoms with E-state index in [0.29, 0.717) is 23.6 Å². The number of halogens is 1. The number of furan rings is 1. The molecule has 1 saturated heterocycles. The molecule has 0 atom stereocenters. The molecule has 1 aromatic heterocycles. The smallest absolute Gasteiger partial charge is 0.236 e. The molecule has 0 saturated carbocycles. The number of rotatable bonds is 1. The molecule has 16 heavy (non-hydrogen) atoms. The fourth-order valence-corrected chi connectivity index (χ4v) is 2.09. The summed E-state index contributed by atoms with van der Waals surface area (Å²) in [7, 11) is 0. The van der Waals surface area contributed by atoms with Crippen LogP contribution in [0, 0.1) is 5.41 Å². The molecule has 1 aromatic rings. The molecule has 0 aliphatic carbocycles. The van der Waals surface area contributed by atoms with Crippen LogP contribution >= 0.6 is 15.9 Å². The second-order valence-corrected chi connectivity index (χ2v) is 5.38. The fourth-order valence-electron chi connectivity index (χ4n) is 1.79. The molecule has 0 bridgehead atoms. The Hall–Kier alpha value is -0.810. The van der Waals surface area contributed by atoms with Crippen molar-refractivity contribution >= 4 is 27.7 Å². The van der Waals surface area contributed by atoms with Gasteiger partial charge in [-0.25, -0.2) is 0 Å². The van der Waals surface area contributed by atoms with Crippen molar-refractivity contribution in [1.82, 2.24) is 5.32 Å². The van der Waals surface area contributed by atoms with Crippen LogP contribution in [0.5, 0.6) is 0 Å². The largest absolute Gasteiger partial charge is 0.433 e. The van der Waals surface area contributed by atoms with Gasteiger partial charge in [-0.1, -0.05) is 0 Å². The lowest BCUT2D eigenvalue weighted by Crippen LogP contribution is -2.41. The molecule has 1 aliphatic heterocycles. The van der Waals surface area contributed by atoms with Gasteiger partial charge in [0.25, 0.3) is 0 Å². The van der Waals surface area contributed by atoms with Crippen LogP contribution in [-0.2, 0) is 4.79 Å². The molecule has 1 amide bonds. The first-order valence-electron chi connectivity index (χ1n) is 5.29. The molecule has 0 spiro atoms. The molecule has 1 fully saturated rings. The second kappa shape index (κ2) is 4.22. The highest BCUT2D eigenvalue weighted by Gasteiger charge is 2.35. The summed E-state index contributed by atoms with van der Waals surface area (Å²) in [6.07, 6.45) is 0. The van der Waals surface area contributed by atoms with Gasteiger partial charge < -0.3 is 9.73 Å². The van der Waals surface area contributed by atoms with Crippen LogP contribution in [0.3, 0.4) is 0 Å². The van der Waals surface area contributed by atoms with E-state index in [2.05, 4.69) is 21.2 Å². The van der Waals surface area contributed by atoms with Crippen LogP contribution < -0.4 is 10.2 Å². The van der Waals surface area contributed by atoms with Gasteiger partial charge in [0.1, 0.15) is 0 Å². The Labute approximate surface area is 103 Å². The summed E-state index contributed by atoms with van der Waals surface area (Å²) in [6, 6.07) is 3.61. The van der Waals surface area contributed by atoms with Crippen molar-refractivity contribution in [3.8, 4) is 0 Å². The maximum atomic E-state index is 12.3. The van der Waals surface area contributed by atoms with Gasteiger partial charge in [-0.15, -0.1) is 0 Å². The average Bonchev–Trinajstić information content (AvgIpc) is 2.58. The van der Waals surface area contributed by atoms with Crippen molar-refractivity contribution in [3.63, 3.8) is 0 Å². The van der Waals surface area contributed by atoms with Crippen molar-refractivity contribution in [2.24, 2.45) is 5.41 Å². The second-order valence-electron chi connectivity index (χ2n) is 4.60. The number of hydrogen-bond donors (Lipinski definition) is 1. The van der Waals surface area contributed by atoms with Gasteiger partial charge in [-0.3, -0.25) is 9.69 Å². The summed E-state index contributed by atoms with van der Waals surface area (Å²) < 4.78 is 6.08. The normalized spacial score (nSPS) is 20.9. The number of amides is 1. The topological polar surface area (TPSA) is 45.5 Å². The van der Waals surface area contributed by atoms with Crippen molar-refractivity contribution in [2.45, 2.75) is 13.8 Å². The Morgan fingerprint density at radius 1 is 1.50 bits per heavy atom. The highest BCUT2D eigenvalue weighted by Crippen LogP contribution is 2.28. The van der Waals surface area contributed by atoms with Gasteiger partial charge in [0.15, 0.2) is 4.67 Å². The highest BCUT2D eigenvalue weighted by molar-refractivity contribution is 9.10. The van der Waals surface area contributed by atoms with E-state index < -0.39 is 5.41 Å². The lowest BCUT2D eigenvalue weighted by Gasteiger charge is -2.26. The van der Waals surface area contributed by atoms with E-state index in [4.69, 9.17) is 4.42 Å². The average molecular weight is 287 g/mol. The zero-order valence-electron chi connectivity index (χ0n) is 9.42. The minimum absolute atomic E-state index is 0.0966. The molecule has 2 rings (SSSR count). The third-order valence-electron chi connectivity index (χ3n) is 2.73. The third-order valence-corrected chi connectivity index (χ3v) is 3.15. The summed E-state index contributed by atoms with van der Waals surface area (Å²) in [5, 5.41) is 3.26. The zero-order valence-corrected chi connectivity index (χ0v) is 11.0. The van der Waals surface area contributed by atoms with Crippen molar-refractivity contribution < 1.29 is 9.21 Å². The maximum Gasteiger partial charge on any atom is 0.236 e. The van der Waals surface area contributed by atoms with E-state index in [0.717, 1.165) is 6.54 Å². The summed E-state index contributed by atoms with van der Waals surface area (Å²) in [5.41, 5.74) is -0.393. The van der Waals surface area contributed by atoms with Gasteiger partial charge in [0.05, 0.1) is 5.41 Å². The number of nitrogens with one attached hydrogen (secondary N) is 1. The molecule has 0 unspecified atom stereocenters. The number of hydrogen-bond acceptors (Lipinski definition) is 3. The monoisotopic (exact) mass is 286 g/mol. The third kappa shape index (κ3) is 2.15. The van der Waals surface area contributed by atoms with Crippen LogP contribution in [0.4, 0.5) is 5.88 Å². The van der Waals surface area contributed by atoms with E-state index in [9.17, 15) is 4.79 Å². The summed E-state index contributed by atoms with van der Waals surface area (Å²) >= 11 is 3.25. The molecular formula is C11H15BrN2O2. The van der Waals surface area contributed by atoms with E-state index in [1.54, 1.807) is 11.0 Å². The first-order chi connectivity index (χ1) is 7.50. The first-order valence-corrected chi connectivity index (χ1v) is 6.08. The quantitative estimate of drug-likeness (QED) is 0.859. The minimum atomic E-state index is -0.393. The van der Waals surface area contributed by atoms with Crippen LogP contribution in [0.15, 0.2) is 21.2 Å². The summed E-state index contributed by atoms with van der Waals surface area (Å²) in [6.45, 7) is 6.01. The molecule has 1 N–H and O–H groups in total. The SMILES string of the molecule is CC1(C)CNCCN(c2ccc(Br)o2)C1=O. The van der Waals surface area contributed by atoms with Gasteiger partial charge in [0.2, 0.25) is 11.8 Å². The van der Waals surface area contributed by atoms with Gasteiger partial charge in [0, 0.05) is 25.7 Å². The Morgan fingerprint density at radius 2 is 2.25 bits per heavy atom. The number of carbonyl (C=O) groups is 1. The van der Waals surface area contributed by atoms with Crippen molar-refractivity contribution in [3.05, 3.63) is 16.8 Å². The number of anilines is 1. The van der Waals surface area contributed by atoms with Crippen molar-refractivity contribution in [1.29, 1.82) is 0 Å². The van der Waals surface area contributed by atoms with E-state index in [-0.39, 0.29) is 5.91 Å². The van der Waals surface area contributed by atoms with Crippen LogP contribution in [-0.4, -0.2) is 25.5 Å². The van der Waals surface area contributed by atoms with E-state index in [1.165, 1.54) is 0 Å². The molecule has 88 valence electrons. The maximum absolute atomic E-state index is 12.3. The van der Waals surface area contributed by atoms with E-state index >= 15 is 0 Å². The zero-order chi connectivity index (χ0) is 11.8. The Bertz CT molecular complexity index is 400. The number of carbonyl (C=O) groups excluding carboxylic acids is 1. The van der Waals surface area contributed by atoms with E-state index in [1.807, 2.05) is 19.9 Å². The molecule has 1 aliphatic rings. The highest BCUT2D eigenvalue weighted by atomic mass is 79.9. The van der Waals surface area contributed by atoms with Crippen LogP contribution in [0.2, 0.25) is 0 Å². The Balaban J connectivity index is 2.29. The summed E-state index contributed by atoms with van der Waals surface area (Å²) in [5.74, 6) is 0.702. The van der Waals surface area contributed by atoms with Gasteiger partial charge in [-0.05, 0) is 35.8 Å². The molecule has 0 radical (unpaired) electrons. The Morgan fingerprint density at radius 3 is 2.88 bits per heavy atom. The van der Waals surface area contributed by atoms with Crippen LogP contribution in [0.1, 0.15) is 13.8 Å². The fraction of sp³-hybridized carbons (Fsp3) is 0.545. The van der Waals surface area contributed by atoms with Crippen molar-refractivity contribution in [2.75, 3.05) is 24.5 Å². The standard InChI is InChI=1S/C11H15BrN2O2/c1-11(2)7-13-5-6-14(10(11)15)9-4-3-8(12)16-9/h3-4,13H,5-7H2,1-2H3. The molecule has 2 heterocycles. The van der Waals surface area contributed by atoms with Gasteiger partial charge >= 0.3 is 0 Å². The molecule has 4 nitrogen and oxygen atoms in total. The lowest BCUT2D eigenvalue weighted by atomic mass is 9.92. The molecular weight excluding hydrogens is 272 g/mol. The van der Waals surface area contributed by atoms with Gasteiger partial charge in [-0.2, -0.15) is 0 Å². The predicted molar refractivity (Wildman–Crippen MR) is 65.4 cm³/mol. The Kier molecular flexibility index (Phi) is 3.08. The first kappa shape index (κ1) is 11.7. The van der Waals surface area contributed by atoms with Crippen LogP contribution in [0.25, 0.3) is 0 Å². The summed E-state index contributed by atoms with van der Waals surface area (Å²) in [4.78, 5) is 14.0. The number of nitrogens with zero attached hydrogens (tertiary/aromatic N) is 1. The minimum Gasteiger partial charge on any atom is -0.433 e. The molecule has 5 heteroatoms. The predicted octanol–water partition coefficient (Wildman–Crippen LogP) is 2.00.